The summed E-state index contributed by atoms with van der Waals surface area (Å²) in [4.78, 5) is 14.2. The molecule has 1 aliphatic heterocycles. The van der Waals surface area contributed by atoms with Gasteiger partial charge in [0.05, 0.1) is 0 Å². The number of ether oxygens (including phenoxy) is 1. The van der Waals surface area contributed by atoms with Gasteiger partial charge in [0.2, 0.25) is 0 Å². The number of rotatable bonds is 3. The first-order valence-electron chi connectivity index (χ1n) is 7.83. The molecule has 0 radical (unpaired) electrons. The summed E-state index contributed by atoms with van der Waals surface area (Å²) in [6.07, 6.45) is 4.91. The normalized spacial score (nSPS) is 28.2. The van der Waals surface area contributed by atoms with E-state index >= 15 is 0 Å². The van der Waals surface area contributed by atoms with Crippen molar-refractivity contribution in [2.24, 2.45) is 5.92 Å². The van der Waals surface area contributed by atoms with E-state index in [1.54, 1.807) is 0 Å². The molecule has 4 nitrogen and oxygen atoms in total. The quantitative estimate of drug-likeness (QED) is 0.930. The Hall–Kier alpha value is -1.55. The number of aliphatic hydroxyl groups excluding tert-OH is 1. The molecule has 2 aliphatic rings. The van der Waals surface area contributed by atoms with Crippen molar-refractivity contribution >= 4 is 6.09 Å². The van der Waals surface area contributed by atoms with Gasteiger partial charge in [0.25, 0.3) is 0 Å². The first-order chi connectivity index (χ1) is 10.2. The molecule has 0 atom stereocenters. The van der Waals surface area contributed by atoms with E-state index in [4.69, 9.17) is 4.74 Å². The van der Waals surface area contributed by atoms with Gasteiger partial charge < -0.3 is 14.7 Å². The third-order valence-corrected chi connectivity index (χ3v) is 5.09. The number of likely N-dealkylation sites (tertiary alicyclic amines) is 1. The monoisotopic (exact) mass is 289 g/mol. The van der Waals surface area contributed by atoms with Crippen LogP contribution >= 0.6 is 0 Å². The van der Waals surface area contributed by atoms with Crippen LogP contribution in [0.4, 0.5) is 4.79 Å². The summed E-state index contributed by atoms with van der Waals surface area (Å²) in [6, 6.07) is 9.78. The molecule has 1 heterocycles. The fourth-order valence-corrected chi connectivity index (χ4v) is 3.54. The molecule has 1 aliphatic carbocycles. The van der Waals surface area contributed by atoms with Crippen LogP contribution in [0.2, 0.25) is 0 Å². The van der Waals surface area contributed by atoms with Crippen molar-refractivity contribution in [3.63, 3.8) is 0 Å². The fraction of sp³-hybridized carbons (Fsp3) is 0.588. The lowest BCUT2D eigenvalue weighted by Gasteiger charge is -2.55. The Bertz CT molecular complexity index is 480. The number of nitrogens with zero attached hydrogens (tertiary/aromatic N) is 1. The van der Waals surface area contributed by atoms with Gasteiger partial charge in [0, 0.05) is 18.7 Å². The molecule has 1 amide bonds. The Morgan fingerprint density at radius 2 is 1.95 bits per heavy atom. The summed E-state index contributed by atoms with van der Waals surface area (Å²) in [5.41, 5.74) is 1.03. The SMILES string of the molecule is O=C(OCc1ccccc1)N1CCC12CCC(CO)CC2. The highest BCUT2D eigenvalue weighted by atomic mass is 16.6. The zero-order valence-electron chi connectivity index (χ0n) is 12.3. The second kappa shape index (κ2) is 6.06. The van der Waals surface area contributed by atoms with Crippen LogP contribution in [0.1, 0.15) is 37.7 Å². The highest BCUT2D eigenvalue weighted by molar-refractivity contribution is 5.70. The van der Waals surface area contributed by atoms with Gasteiger partial charge in [0.15, 0.2) is 0 Å². The van der Waals surface area contributed by atoms with Crippen molar-refractivity contribution in [2.45, 2.75) is 44.2 Å². The first kappa shape index (κ1) is 14.4. The summed E-state index contributed by atoms with van der Waals surface area (Å²) in [7, 11) is 0. The van der Waals surface area contributed by atoms with Crippen LogP contribution in [0.25, 0.3) is 0 Å². The topological polar surface area (TPSA) is 49.8 Å². The van der Waals surface area contributed by atoms with Gasteiger partial charge in [-0.2, -0.15) is 0 Å². The molecule has 3 rings (SSSR count). The molecule has 2 fully saturated rings. The van der Waals surface area contributed by atoms with Crippen molar-refractivity contribution < 1.29 is 14.6 Å². The minimum absolute atomic E-state index is 0.0133. The summed E-state index contributed by atoms with van der Waals surface area (Å²) in [5.74, 6) is 0.415. The van der Waals surface area contributed by atoms with Crippen molar-refractivity contribution in [2.75, 3.05) is 13.2 Å². The Morgan fingerprint density at radius 1 is 1.24 bits per heavy atom. The highest BCUT2D eigenvalue weighted by Gasteiger charge is 2.49. The van der Waals surface area contributed by atoms with Crippen molar-refractivity contribution in [3.8, 4) is 0 Å². The summed E-state index contributed by atoms with van der Waals surface area (Å²) in [5, 5.41) is 9.23. The molecule has 1 saturated carbocycles. The molecule has 1 saturated heterocycles. The molecule has 0 aromatic heterocycles. The van der Waals surface area contributed by atoms with Gasteiger partial charge in [-0.15, -0.1) is 0 Å². The molecule has 1 aromatic rings. The lowest BCUT2D eigenvalue weighted by atomic mass is 9.70. The number of hydrogen-bond acceptors (Lipinski definition) is 3. The van der Waals surface area contributed by atoms with Crippen LogP contribution in [0.3, 0.4) is 0 Å². The number of benzene rings is 1. The molecular formula is C17H23NO3. The van der Waals surface area contributed by atoms with Gasteiger partial charge in [-0.1, -0.05) is 30.3 Å². The van der Waals surface area contributed by atoms with E-state index in [0.29, 0.717) is 12.5 Å². The standard InChI is InChI=1S/C17H23NO3/c19-12-14-6-8-17(9-7-14)10-11-18(17)16(20)21-13-15-4-2-1-3-5-15/h1-5,14,19H,6-13H2. The van der Waals surface area contributed by atoms with Gasteiger partial charge in [-0.3, -0.25) is 0 Å². The highest BCUT2D eigenvalue weighted by Crippen LogP contribution is 2.45. The predicted octanol–water partition coefficient (Wildman–Crippen LogP) is 2.95. The average molecular weight is 289 g/mol. The average Bonchev–Trinajstić information content (AvgIpc) is 2.53. The molecule has 0 unspecified atom stereocenters. The maximum Gasteiger partial charge on any atom is 0.410 e. The van der Waals surface area contributed by atoms with E-state index in [0.717, 1.165) is 44.2 Å². The van der Waals surface area contributed by atoms with Crippen LogP contribution in [0.15, 0.2) is 30.3 Å². The van der Waals surface area contributed by atoms with Crippen molar-refractivity contribution in [3.05, 3.63) is 35.9 Å². The molecule has 21 heavy (non-hydrogen) atoms. The van der Waals surface area contributed by atoms with E-state index in [1.165, 1.54) is 0 Å². The number of carbonyl (C=O) groups is 1. The van der Waals surface area contributed by atoms with Crippen LogP contribution in [-0.4, -0.2) is 34.8 Å². The third-order valence-electron chi connectivity index (χ3n) is 5.09. The molecule has 114 valence electrons. The minimum atomic E-state index is -0.187. The Kier molecular flexibility index (Phi) is 4.15. The van der Waals surface area contributed by atoms with E-state index in [2.05, 4.69) is 0 Å². The van der Waals surface area contributed by atoms with E-state index in [1.807, 2.05) is 35.2 Å². The maximum atomic E-state index is 12.3. The maximum absolute atomic E-state index is 12.3. The van der Waals surface area contributed by atoms with Crippen LogP contribution in [-0.2, 0) is 11.3 Å². The zero-order valence-corrected chi connectivity index (χ0v) is 12.3. The van der Waals surface area contributed by atoms with Gasteiger partial charge in [-0.25, -0.2) is 4.79 Å². The lowest BCUT2D eigenvalue weighted by Crippen LogP contribution is -2.63. The number of amides is 1. The van der Waals surface area contributed by atoms with E-state index < -0.39 is 0 Å². The molecular weight excluding hydrogens is 266 g/mol. The smallest absolute Gasteiger partial charge is 0.410 e. The molecule has 4 heteroatoms. The minimum Gasteiger partial charge on any atom is -0.445 e. The number of aliphatic hydroxyl groups is 1. The van der Waals surface area contributed by atoms with Gasteiger partial charge >= 0.3 is 6.09 Å². The first-order valence-corrected chi connectivity index (χ1v) is 7.83. The molecule has 1 spiro atoms. The Morgan fingerprint density at radius 3 is 2.52 bits per heavy atom. The van der Waals surface area contributed by atoms with Crippen molar-refractivity contribution in [1.29, 1.82) is 0 Å². The summed E-state index contributed by atoms with van der Waals surface area (Å²) >= 11 is 0. The van der Waals surface area contributed by atoms with Gasteiger partial charge in [0.1, 0.15) is 6.61 Å². The lowest BCUT2D eigenvalue weighted by molar-refractivity contribution is -0.0489. The Balaban J connectivity index is 1.53. The third kappa shape index (κ3) is 2.91. The van der Waals surface area contributed by atoms with E-state index in [9.17, 15) is 9.90 Å². The van der Waals surface area contributed by atoms with Gasteiger partial charge in [-0.05, 0) is 43.6 Å². The fourth-order valence-electron chi connectivity index (χ4n) is 3.54. The van der Waals surface area contributed by atoms with Crippen molar-refractivity contribution in [1.82, 2.24) is 4.90 Å². The van der Waals surface area contributed by atoms with Crippen LogP contribution in [0, 0.1) is 5.92 Å². The molecule has 1 N–H and O–H groups in total. The summed E-state index contributed by atoms with van der Waals surface area (Å²) < 4.78 is 5.45. The van der Waals surface area contributed by atoms with Crippen LogP contribution in [0.5, 0.6) is 0 Å². The predicted molar refractivity (Wildman–Crippen MR) is 79.7 cm³/mol. The van der Waals surface area contributed by atoms with Crippen LogP contribution < -0.4 is 0 Å². The molecule has 1 aromatic carbocycles. The largest absolute Gasteiger partial charge is 0.445 e. The molecule has 0 bridgehead atoms. The second-order valence-corrected chi connectivity index (χ2v) is 6.29. The zero-order chi connectivity index (χ0) is 14.7. The Labute approximate surface area is 125 Å². The summed E-state index contributed by atoms with van der Waals surface area (Å²) in [6.45, 7) is 1.41. The number of carbonyl (C=O) groups excluding carboxylic acids is 1. The number of hydrogen-bond donors (Lipinski definition) is 1. The second-order valence-electron chi connectivity index (χ2n) is 6.29. The van der Waals surface area contributed by atoms with E-state index in [-0.39, 0.29) is 18.2 Å².